The Labute approximate surface area is 282 Å². The molecule has 0 spiro atoms. The third kappa shape index (κ3) is 5.83. The van der Waals surface area contributed by atoms with Crippen molar-refractivity contribution in [2.75, 3.05) is 0 Å². The van der Waals surface area contributed by atoms with Crippen molar-refractivity contribution in [2.24, 2.45) is 17.3 Å². The quantitative estimate of drug-likeness (QED) is 0.108. The first-order valence-corrected chi connectivity index (χ1v) is 18.1. The summed E-state index contributed by atoms with van der Waals surface area (Å²) in [6, 6.07) is 6.66. The fourth-order valence-electron chi connectivity index (χ4n) is 6.54. The van der Waals surface area contributed by atoms with Crippen LogP contribution in [0.1, 0.15) is 48.9 Å². The predicted molar refractivity (Wildman–Crippen MR) is 175 cm³/mol. The first-order valence-electron chi connectivity index (χ1n) is 11.3. The van der Waals surface area contributed by atoms with Crippen LogP contribution in [-0.2, 0) is 19.6 Å². The molecule has 2 unspecified atom stereocenters. The molecule has 198 valence electrons. The maximum absolute atomic E-state index is 13.7. The van der Waals surface area contributed by atoms with Crippen LogP contribution in [0.5, 0.6) is 5.75 Å². The molecule has 0 saturated heterocycles. The second-order valence-electron chi connectivity index (χ2n) is 10.1. The number of halogens is 5. The van der Waals surface area contributed by atoms with Gasteiger partial charge < -0.3 is 14.0 Å². The van der Waals surface area contributed by atoms with E-state index in [4.69, 9.17) is 9.47 Å². The van der Waals surface area contributed by atoms with Gasteiger partial charge in [0.25, 0.3) is 0 Å². The maximum atomic E-state index is 13.7. The van der Waals surface area contributed by atoms with Crippen molar-refractivity contribution in [1.29, 1.82) is 0 Å². The lowest BCUT2D eigenvalue weighted by Gasteiger charge is -2.59. The highest BCUT2D eigenvalue weighted by Gasteiger charge is 2.63. The van der Waals surface area contributed by atoms with Gasteiger partial charge in [-0.2, -0.15) is 0 Å². The van der Waals surface area contributed by atoms with Gasteiger partial charge in [-0.05, 0) is 181 Å². The van der Waals surface area contributed by atoms with Crippen LogP contribution in [0.3, 0.4) is 0 Å². The molecule has 0 aliphatic heterocycles. The Morgan fingerprint density at radius 1 is 0.892 bits per heavy atom. The standard InChI is InChI=1S/C24H19I5O7S/c25-13-2-15(19(29)16(26)3-13)21(30)36-24-8-11-1-12(9-24)7-23(6-11,10-24)22(31)35-14-4-17(27)20(18(28)5-14)37(32,33)34/h2-5,11-12H,1,6-10H2,(H,32,33,34)/p-1. The Morgan fingerprint density at radius 2 is 1.49 bits per heavy atom. The molecule has 6 rings (SSSR count). The Kier molecular flexibility index (Phi) is 8.47. The summed E-state index contributed by atoms with van der Waals surface area (Å²) >= 11 is 10.1. The summed E-state index contributed by atoms with van der Waals surface area (Å²) in [7, 11) is -4.65. The van der Waals surface area contributed by atoms with Gasteiger partial charge in [-0.25, -0.2) is 13.2 Å². The molecular weight excluding hydrogens is 1070 g/mol. The van der Waals surface area contributed by atoms with Crippen LogP contribution in [0.15, 0.2) is 29.2 Å². The minimum Gasteiger partial charge on any atom is -0.744 e. The number of ether oxygens (including phenoxy) is 2. The molecule has 2 atom stereocenters. The summed E-state index contributed by atoms with van der Waals surface area (Å²) in [5.74, 6) is 0.000449. The summed E-state index contributed by atoms with van der Waals surface area (Å²) in [4.78, 5) is 26.7. The number of hydrogen-bond acceptors (Lipinski definition) is 7. The highest BCUT2D eigenvalue weighted by atomic mass is 127. The van der Waals surface area contributed by atoms with Crippen molar-refractivity contribution >= 4 is 135 Å². The normalized spacial score (nSPS) is 28.3. The third-order valence-electron chi connectivity index (χ3n) is 7.39. The highest BCUT2D eigenvalue weighted by Crippen LogP contribution is 2.63. The monoisotopic (exact) mass is 1080 g/mol. The molecule has 4 bridgehead atoms. The molecule has 0 N–H and O–H groups in total. The van der Waals surface area contributed by atoms with Crippen molar-refractivity contribution in [3.63, 3.8) is 0 Å². The van der Waals surface area contributed by atoms with E-state index in [1.54, 1.807) is 45.2 Å². The van der Waals surface area contributed by atoms with Gasteiger partial charge in [0.15, 0.2) is 0 Å². The minimum atomic E-state index is -4.65. The number of esters is 2. The average Bonchev–Trinajstić information content (AvgIpc) is 2.73. The Balaban J connectivity index is 1.41. The number of carbonyl (C=O) groups is 2. The molecule has 4 aliphatic rings. The molecule has 7 nitrogen and oxygen atoms in total. The van der Waals surface area contributed by atoms with Crippen LogP contribution in [0, 0.1) is 35.1 Å². The van der Waals surface area contributed by atoms with Gasteiger partial charge in [0.1, 0.15) is 21.5 Å². The third-order valence-corrected chi connectivity index (χ3v) is 14.4. The summed E-state index contributed by atoms with van der Waals surface area (Å²) in [5, 5.41) is 0. The first-order chi connectivity index (χ1) is 17.2. The van der Waals surface area contributed by atoms with E-state index in [0.717, 1.165) is 30.0 Å². The molecule has 37 heavy (non-hydrogen) atoms. The molecule has 4 fully saturated rings. The van der Waals surface area contributed by atoms with E-state index < -0.39 is 21.1 Å². The molecule has 4 aliphatic carbocycles. The molecule has 0 heterocycles. The topological polar surface area (TPSA) is 110 Å². The zero-order valence-corrected chi connectivity index (χ0v) is 30.5. The highest BCUT2D eigenvalue weighted by molar-refractivity contribution is 14.1. The Bertz CT molecular complexity index is 1400. The number of benzene rings is 2. The first kappa shape index (κ1) is 29.4. The largest absolute Gasteiger partial charge is 0.744 e. The summed E-state index contributed by atoms with van der Waals surface area (Å²) in [6.07, 6.45) is 4.28. The smallest absolute Gasteiger partial charge is 0.339 e. The summed E-state index contributed by atoms with van der Waals surface area (Å²) < 4.78 is 50.1. The van der Waals surface area contributed by atoms with Gasteiger partial charge in [-0.3, -0.25) is 4.79 Å². The van der Waals surface area contributed by atoms with Gasteiger partial charge in [0.2, 0.25) is 0 Å². The molecule has 0 radical (unpaired) electrons. The van der Waals surface area contributed by atoms with E-state index in [9.17, 15) is 22.6 Å². The molecule has 4 saturated carbocycles. The molecule has 0 amide bonds. The van der Waals surface area contributed by atoms with E-state index in [1.807, 2.05) is 12.1 Å². The molecule has 13 heteroatoms. The lowest BCUT2D eigenvalue weighted by molar-refractivity contribution is -0.189. The van der Waals surface area contributed by atoms with Gasteiger partial charge in [0.05, 0.1) is 15.9 Å². The van der Waals surface area contributed by atoms with Crippen LogP contribution < -0.4 is 4.74 Å². The van der Waals surface area contributed by atoms with Gasteiger partial charge in [-0.15, -0.1) is 0 Å². The lowest BCUT2D eigenvalue weighted by Crippen LogP contribution is -2.60. The van der Waals surface area contributed by atoms with Gasteiger partial charge in [-0.1, -0.05) is 0 Å². The SMILES string of the molecule is O=C(OC12CC3CC(C1)CC(C(=O)Oc1cc(I)c(S(=O)(=O)[O-])c(I)c1)(C3)C2)c1cc(I)cc(I)c1I. The zero-order valence-electron chi connectivity index (χ0n) is 18.9. The van der Waals surface area contributed by atoms with Gasteiger partial charge in [0, 0.05) is 24.3 Å². The second kappa shape index (κ2) is 10.6. The van der Waals surface area contributed by atoms with E-state index in [-0.39, 0.29) is 41.6 Å². The van der Waals surface area contributed by atoms with Crippen molar-refractivity contribution in [2.45, 2.75) is 49.0 Å². The fourth-order valence-corrected chi connectivity index (χ4v) is 12.8. The van der Waals surface area contributed by atoms with Crippen molar-refractivity contribution < 1.29 is 32.0 Å². The van der Waals surface area contributed by atoms with Crippen LogP contribution in [0.4, 0.5) is 0 Å². The maximum Gasteiger partial charge on any atom is 0.339 e. The van der Waals surface area contributed by atoms with Gasteiger partial charge >= 0.3 is 11.9 Å². The lowest BCUT2D eigenvalue weighted by atomic mass is 9.48. The molecule has 2 aromatic rings. The van der Waals surface area contributed by atoms with E-state index in [0.29, 0.717) is 24.8 Å². The fraction of sp³-hybridized carbons (Fsp3) is 0.417. The Morgan fingerprint density at radius 3 is 2.05 bits per heavy atom. The average molecular weight is 1080 g/mol. The van der Waals surface area contributed by atoms with Crippen LogP contribution in [-0.4, -0.2) is 30.5 Å². The van der Waals surface area contributed by atoms with Crippen LogP contribution in [0.2, 0.25) is 0 Å². The van der Waals surface area contributed by atoms with Crippen molar-refractivity contribution in [1.82, 2.24) is 0 Å². The van der Waals surface area contributed by atoms with Crippen molar-refractivity contribution in [3.8, 4) is 5.75 Å². The number of rotatable bonds is 5. The number of carbonyl (C=O) groups excluding carboxylic acids is 2. The molecular formula is C24H18I5O7S-. The molecule has 2 aromatic carbocycles. The summed E-state index contributed by atoms with van der Waals surface area (Å²) in [5.41, 5.74) is -0.932. The van der Waals surface area contributed by atoms with E-state index >= 15 is 0 Å². The van der Waals surface area contributed by atoms with Crippen LogP contribution >= 0.6 is 113 Å². The second-order valence-corrected chi connectivity index (χ2v) is 17.3. The molecule has 0 aromatic heterocycles. The summed E-state index contributed by atoms with van der Waals surface area (Å²) in [6.45, 7) is 0. The van der Waals surface area contributed by atoms with E-state index in [1.165, 1.54) is 12.1 Å². The number of hydrogen-bond donors (Lipinski definition) is 0. The predicted octanol–water partition coefficient (Wildman–Crippen LogP) is 6.72. The zero-order chi connectivity index (χ0) is 26.9. The Hall–Kier alpha value is 0.940. The van der Waals surface area contributed by atoms with Crippen molar-refractivity contribution in [3.05, 3.63) is 47.7 Å². The van der Waals surface area contributed by atoms with E-state index in [2.05, 4.69) is 67.8 Å². The van der Waals surface area contributed by atoms with Crippen LogP contribution in [0.25, 0.3) is 0 Å². The minimum absolute atomic E-state index is 0.205.